The summed E-state index contributed by atoms with van der Waals surface area (Å²) in [5.74, 6) is -0.331. The number of sulfone groups is 1. The quantitative estimate of drug-likeness (QED) is 0.688. The van der Waals surface area contributed by atoms with Crippen LogP contribution in [0.1, 0.15) is 15.9 Å². The van der Waals surface area contributed by atoms with Gasteiger partial charge in [0.1, 0.15) is 0 Å². The molecule has 26 heavy (non-hydrogen) atoms. The number of amides is 1. The average Bonchev–Trinajstić information content (AvgIpc) is 2.68. The van der Waals surface area contributed by atoms with Gasteiger partial charge in [0.05, 0.1) is 10.6 Å². The van der Waals surface area contributed by atoms with E-state index in [2.05, 4.69) is 0 Å². The van der Waals surface area contributed by atoms with E-state index >= 15 is 0 Å². The number of benzene rings is 3. The fraction of sp³-hybridized carbons (Fsp3) is 0.0952. The first-order chi connectivity index (χ1) is 12.5. The molecule has 3 aromatic carbocycles. The van der Waals surface area contributed by atoms with E-state index in [-0.39, 0.29) is 16.6 Å². The Morgan fingerprint density at radius 2 is 1.46 bits per heavy atom. The Bertz CT molecular complexity index is 1000. The van der Waals surface area contributed by atoms with Gasteiger partial charge in [0, 0.05) is 18.3 Å². The third-order valence-electron chi connectivity index (χ3n) is 4.08. The van der Waals surface area contributed by atoms with Crippen LogP contribution in [0, 0.1) is 0 Å². The number of nitrogens with zero attached hydrogens (tertiary/aromatic N) is 1. The largest absolute Gasteiger partial charge is 0.311 e. The zero-order valence-corrected chi connectivity index (χ0v) is 15.2. The van der Waals surface area contributed by atoms with Crippen molar-refractivity contribution in [2.75, 3.05) is 11.9 Å². The highest BCUT2D eigenvalue weighted by Gasteiger charge is 2.17. The predicted octanol–water partition coefficient (Wildman–Crippen LogP) is 3.94. The van der Waals surface area contributed by atoms with Crippen LogP contribution in [0.4, 0.5) is 5.69 Å². The van der Waals surface area contributed by atoms with Crippen LogP contribution in [-0.2, 0) is 15.6 Å². The minimum Gasteiger partial charge on any atom is -0.311 e. The van der Waals surface area contributed by atoms with Crippen LogP contribution in [0.2, 0.25) is 0 Å². The van der Waals surface area contributed by atoms with E-state index < -0.39 is 9.84 Å². The lowest BCUT2D eigenvalue weighted by Gasteiger charge is -2.17. The molecule has 0 aliphatic carbocycles. The van der Waals surface area contributed by atoms with Crippen molar-refractivity contribution in [2.45, 2.75) is 10.6 Å². The van der Waals surface area contributed by atoms with Gasteiger partial charge in [-0.1, -0.05) is 48.5 Å². The molecule has 0 radical (unpaired) electrons. The van der Waals surface area contributed by atoms with E-state index in [4.69, 9.17) is 0 Å². The molecule has 4 nitrogen and oxygen atoms in total. The standard InChI is InChI=1S/C21H19NO3S/c1-22(19-11-4-2-5-12-19)21(23)18-10-8-9-17(15-18)16-26(24,25)20-13-6-3-7-14-20/h2-15H,16H2,1H3. The number of carbonyl (C=O) groups is 1. The van der Waals surface area contributed by atoms with Crippen molar-refractivity contribution >= 4 is 21.4 Å². The lowest BCUT2D eigenvalue weighted by Crippen LogP contribution is -2.26. The normalized spacial score (nSPS) is 11.1. The van der Waals surface area contributed by atoms with E-state index in [0.717, 1.165) is 5.69 Å². The fourth-order valence-electron chi connectivity index (χ4n) is 2.69. The third-order valence-corrected chi connectivity index (χ3v) is 5.78. The van der Waals surface area contributed by atoms with E-state index in [0.29, 0.717) is 11.1 Å². The summed E-state index contributed by atoms with van der Waals surface area (Å²) in [6.07, 6.45) is 0. The fourth-order valence-corrected chi connectivity index (χ4v) is 4.04. The first kappa shape index (κ1) is 17.9. The summed E-state index contributed by atoms with van der Waals surface area (Å²) >= 11 is 0. The van der Waals surface area contributed by atoms with Crippen LogP contribution in [0.3, 0.4) is 0 Å². The second-order valence-electron chi connectivity index (χ2n) is 5.97. The number of para-hydroxylation sites is 1. The van der Waals surface area contributed by atoms with Crippen molar-refractivity contribution in [2.24, 2.45) is 0 Å². The summed E-state index contributed by atoms with van der Waals surface area (Å²) in [4.78, 5) is 14.5. The number of hydrogen-bond acceptors (Lipinski definition) is 3. The van der Waals surface area contributed by atoms with Gasteiger partial charge in [-0.15, -0.1) is 0 Å². The van der Waals surface area contributed by atoms with Gasteiger partial charge in [0.15, 0.2) is 9.84 Å². The minimum atomic E-state index is -3.45. The van der Waals surface area contributed by atoms with E-state index in [1.54, 1.807) is 66.5 Å². The molecule has 1 amide bonds. The maximum Gasteiger partial charge on any atom is 0.258 e. The van der Waals surface area contributed by atoms with Crippen molar-refractivity contribution in [1.82, 2.24) is 0 Å². The second kappa shape index (κ2) is 7.54. The number of rotatable bonds is 5. The molecule has 0 aliphatic rings. The molecule has 0 spiro atoms. The highest BCUT2D eigenvalue weighted by atomic mass is 32.2. The molecule has 0 atom stereocenters. The molecular weight excluding hydrogens is 346 g/mol. The number of anilines is 1. The molecule has 0 aromatic heterocycles. The Labute approximate surface area is 153 Å². The van der Waals surface area contributed by atoms with Crippen molar-refractivity contribution in [3.8, 4) is 0 Å². The average molecular weight is 365 g/mol. The Kier molecular flexibility index (Phi) is 5.19. The summed E-state index contributed by atoms with van der Waals surface area (Å²) in [5.41, 5.74) is 1.82. The first-order valence-electron chi connectivity index (χ1n) is 8.17. The lowest BCUT2D eigenvalue weighted by atomic mass is 10.1. The van der Waals surface area contributed by atoms with Gasteiger partial charge in [0.25, 0.3) is 5.91 Å². The van der Waals surface area contributed by atoms with E-state index in [1.807, 2.05) is 30.3 Å². The number of carbonyl (C=O) groups excluding carboxylic acids is 1. The van der Waals surface area contributed by atoms with Crippen molar-refractivity contribution in [1.29, 1.82) is 0 Å². The Balaban J connectivity index is 1.84. The highest BCUT2D eigenvalue weighted by molar-refractivity contribution is 7.90. The SMILES string of the molecule is CN(C(=O)c1cccc(CS(=O)(=O)c2ccccc2)c1)c1ccccc1. The lowest BCUT2D eigenvalue weighted by molar-refractivity contribution is 0.0993. The van der Waals surface area contributed by atoms with Gasteiger partial charge >= 0.3 is 0 Å². The summed E-state index contributed by atoms with van der Waals surface area (Å²) in [6, 6.07) is 24.4. The second-order valence-corrected chi connectivity index (χ2v) is 7.96. The van der Waals surface area contributed by atoms with Crippen LogP contribution < -0.4 is 4.90 Å². The Hall–Kier alpha value is -2.92. The van der Waals surface area contributed by atoms with E-state index in [9.17, 15) is 13.2 Å². The highest BCUT2D eigenvalue weighted by Crippen LogP contribution is 2.19. The third kappa shape index (κ3) is 4.00. The van der Waals surface area contributed by atoms with Gasteiger partial charge in [-0.3, -0.25) is 4.79 Å². The molecule has 0 heterocycles. The predicted molar refractivity (Wildman–Crippen MR) is 103 cm³/mol. The van der Waals surface area contributed by atoms with E-state index in [1.165, 1.54) is 0 Å². The van der Waals surface area contributed by atoms with Crippen molar-refractivity contribution in [3.05, 3.63) is 96.1 Å². The molecule has 0 unspecified atom stereocenters. The molecule has 0 bridgehead atoms. The molecule has 132 valence electrons. The topological polar surface area (TPSA) is 54.5 Å². The maximum atomic E-state index is 12.7. The van der Waals surface area contributed by atoms with Crippen LogP contribution in [0.15, 0.2) is 89.8 Å². The molecule has 3 aromatic rings. The van der Waals surface area contributed by atoms with Gasteiger partial charge in [-0.05, 0) is 42.0 Å². The van der Waals surface area contributed by atoms with Gasteiger partial charge in [-0.2, -0.15) is 0 Å². The summed E-state index contributed by atoms with van der Waals surface area (Å²) in [5, 5.41) is 0. The molecule has 0 fully saturated rings. The van der Waals surface area contributed by atoms with Gasteiger partial charge in [0.2, 0.25) is 0 Å². The molecule has 0 saturated carbocycles. The van der Waals surface area contributed by atoms with Crippen LogP contribution in [0.25, 0.3) is 0 Å². The monoisotopic (exact) mass is 365 g/mol. The van der Waals surface area contributed by atoms with Gasteiger partial charge in [-0.25, -0.2) is 8.42 Å². The minimum absolute atomic E-state index is 0.146. The van der Waals surface area contributed by atoms with Crippen LogP contribution >= 0.6 is 0 Å². The molecule has 0 aliphatic heterocycles. The molecule has 3 rings (SSSR count). The Morgan fingerprint density at radius 3 is 2.12 bits per heavy atom. The summed E-state index contributed by atoms with van der Waals surface area (Å²) in [6.45, 7) is 0. The molecule has 0 N–H and O–H groups in total. The van der Waals surface area contributed by atoms with Crippen LogP contribution in [0.5, 0.6) is 0 Å². The van der Waals surface area contributed by atoms with Gasteiger partial charge < -0.3 is 4.90 Å². The Morgan fingerprint density at radius 1 is 0.846 bits per heavy atom. The smallest absolute Gasteiger partial charge is 0.258 e. The zero-order valence-electron chi connectivity index (χ0n) is 14.4. The maximum absolute atomic E-state index is 12.7. The summed E-state index contributed by atoms with van der Waals surface area (Å²) in [7, 11) is -1.75. The van der Waals surface area contributed by atoms with Crippen molar-refractivity contribution < 1.29 is 13.2 Å². The first-order valence-corrected chi connectivity index (χ1v) is 9.82. The summed E-state index contributed by atoms with van der Waals surface area (Å²) < 4.78 is 25.1. The zero-order chi connectivity index (χ0) is 18.6. The molecule has 5 heteroatoms. The molecular formula is C21H19NO3S. The number of hydrogen-bond donors (Lipinski definition) is 0. The van der Waals surface area contributed by atoms with Crippen molar-refractivity contribution in [3.63, 3.8) is 0 Å². The van der Waals surface area contributed by atoms with Crippen LogP contribution in [-0.4, -0.2) is 21.4 Å². The molecule has 0 saturated heterocycles.